The Morgan fingerprint density at radius 2 is 2.21 bits per heavy atom. The summed E-state index contributed by atoms with van der Waals surface area (Å²) in [6, 6.07) is 10.6. The molecule has 3 aromatic rings. The Bertz CT molecular complexity index is 908. The Hall–Kier alpha value is -2.58. The summed E-state index contributed by atoms with van der Waals surface area (Å²) in [5.74, 6) is 0.890. The lowest BCUT2D eigenvalue weighted by Crippen LogP contribution is -2.06. The normalized spacial score (nSPS) is 11.0. The molecule has 6 nitrogen and oxygen atoms in total. The van der Waals surface area contributed by atoms with Crippen LogP contribution < -0.4 is 4.74 Å². The highest BCUT2D eigenvalue weighted by molar-refractivity contribution is 7.71. The minimum atomic E-state index is -0.358. The van der Waals surface area contributed by atoms with Crippen molar-refractivity contribution in [3.63, 3.8) is 0 Å². The number of benzene rings is 1. The number of aromatic amines is 1. The van der Waals surface area contributed by atoms with Crippen LogP contribution in [0.1, 0.15) is 28.0 Å². The van der Waals surface area contributed by atoms with E-state index in [0.717, 1.165) is 17.8 Å². The van der Waals surface area contributed by atoms with Crippen molar-refractivity contribution >= 4 is 35.7 Å². The summed E-state index contributed by atoms with van der Waals surface area (Å²) in [6.45, 7) is 1.98. The van der Waals surface area contributed by atoms with Crippen LogP contribution in [-0.2, 0) is 6.42 Å². The van der Waals surface area contributed by atoms with Gasteiger partial charge in [-0.2, -0.15) is 14.9 Å². The van der Waals surface area contributed by atoms with Crippen molar-refractivity contribution < 1.29 is 9.53 Å². The van der Waals surface area contributed by atoms with Crippen molar-refractivity contribution in [2.24, 2.45) is 5.10 Å². The molecule has 0 radical (unpaired) electrons. The molecular formula is C16H14N4O2S2. The number of aromatic nitrogens is 3. The first-order valence-corrected chi connectivity index (χ1v) is 8.52. The second-order valence-electron chi connectivity index (χ2n) is 4.79. The van der Waals surface area contributed by atoms with E-state index in [1.807, 2.05) is 30.5 Å². The van der Waals surface area contributed by atoms with Crippen LogP contribution in [0.25, 0.3) is 0 Å². The molecule has 0 fully saturated rings. The predicted octanol–water partition coefficient (Wildman–Crippen LogP) is 3.67. The van der Waals surface area contributed by atoms with E-state index in [2.05, 4.69) is 15.3 Å². The van der Waals surface area contributed by atoms with Gasteiger partial charge in [-0.25, -0.2) is 4.79 Å². The molecular weight excluding hydrogens is 344 g/mol. The molecule has 2 aromatic heterocycles. The zero-order chi connectivity index (χ0) is 16.9. The number of hydrogen-bond donors (Lipinski definition) is 1. The Balaban J connectivity index is 1.70. The summed E-state index contributed by atoms with van der Waals surface area (Å²) < 4.78 is 7.34. The zero-order valence-corrected chi connectivity index (χ0v) is 14.4. The fourth-order valence-electron chi connectivity index (χ4n) is 1.97. The maximum Gasteiger partial charge on any atom is 0.353 e. The molecule has 0 aliphatic rings. The average molecular weight is 358 g/mol. The fourth-order valence-corrected chi connectivity index (χ4v) is 2.77. The number of nitrogens with zero attached hydrogens (tertiary/aromatic N) is 3. The van der Waals surface area contributed by atoms with Gasteiger partial charge in [-0.15, -0.1) is 11.3 Å². The molecule has 0 atom stereocenters. The van der Waals surface area contributed by atoms with E-state index in [1.165, 1.54) is 11.3 Å². The molecule has 0 aliphatic carbocycles. The number of nitrogens with one attached hydrogen (secondary N) is 1. The first-order valence-electron chi connectivity index (χ1n) is 7.23. The summed E-state index contributed by atoms with van der Waals surface area (Å²) in [7, 11) is 0. The molecule has 122 valence electrons. The number of hydrogen-bond acceptors (Lipinski definition) is 6. The number of carbonyl (C=O) groups excluding carboxylic acids is 1. The zero-order valence-electron chi connectivity index (χ0n) is 12.8. The van der Waals surface area contributed by atoms with Crippen molar-refractivity contribution in [1.29, 1.82) is 0 Å². The van der Waals surface area contributed by atoms with Crippen LogP contribution in [0.15, 0.2) is 46.9 Å². The highest BCUT2D eigenvalue weighted by Gasteiger charge is 2.09. The van der Waals surface area contributed by atoms with E-state index in [-0.39, 0.29) is 5.97 Å². The summed E-state index contributed by atoms with van der Waals surface area (Å²) in [5.41, 5.74) is 0.857. The molecule has 0 saturated carbocycles. The molecule has 0 aliphatic heterocycles. The van der Waals surface area contributed by atoms with E-state index >= 15 is 0 Å². The lowest BCUT2D eigenvalue weighted by atomic mass is 10.2. The molecule has 1 aromatic carbocycles. The van der Waals surface area contributed by atoms with Crippen molar-refractivity contribution in [3.8, 4) is 5.75 Å². The van der Waals surface area contributed by atoms with Crippen LogP contribution in [0, 0.1) is 4.77 Å². The van der Waals surface area contributed by atoms with Crippen LogP contribution in [0.3, 0.4) is 0 Å². The number of esters is 1. The van der Waals surface area contributed by atoms with Crippen molar-refractivity contribution in [2.75, 3.05) is 0 Å². The Morgan fingerprint density at radius 1 is 1.42 bits per heavy atom. The molecule has 24 heavy (non-hydrogen) atoms. The number of aryl methyl sites for hydroxylation is 1. The molecule has 0 saturated heterocycles. The third-order valence-corrected chi connectivity index (χ3v) is 4.28. The minimum Gasteiger partial charge on any atom is -0.422 e. The first-order chi connectivity index (χ1) is 11.7. The van der Waals surface area contributed by atoms with E-state index in [4.69, 9.17) is 17.0 Å². The van der Waals surface area contributed by atoms with E-state index in [9.17, 15) is 4.79 Å². The van der Waals surface area contributed by atoms with Gasteiger partial charge in [0.25, 0.3) is 0 Å². The monoisotopic (exact) mass is 358 g/mol. The summed E-state index contributed by atoms with van der Waals surface area (Å²) in [4.78, 5) is 12.5. The molecule has 0 bridgehead atoms. The average Bonchev–Trinajstić information content (AvgIpc) is 3.24. The summed E-state index contributed by atoms with van der Waals surface area (Å²) in [6.07, 6.45) is 2.40. The minimum absolute atomic E-state index is 0.358. The van der Waals surface area contributed by atoms with Gasteiger partial charge in [-0.1, -0.05) is 13.0 Å². The smallest absolute Gasteiger partial charge is 0.353 e. The molecule has 0 spiro atoms. The molecule has 8 heteroatoms. The third kappa shape index (κ3) is 3.66. The van der Waals surface area contributed by atoms with Gasteiger partial charge in [0, 0.05) is 6.42 Å². The van der Waals surface area contributed by atoms with Crippen LogP contribution in [0.5, 0.6) is 5.75 Å². The van der Waals surface area contributed by atoms with Crippen LogP contribution in [-0.4, -0.2) is 27.1 Å². The first kappa shape index (κ1) is 16.3. The molecule has 0 amide bonds. The largest absolute Gasteiger partial charge is 0.422 e. The van der Waals surface area contributed by atoms with E-state index in [1.54, 1.807) is 29.1 Å². The summed E-state index contributed by atoms with van der Waals surface area (Å²) >= 11 is 6.48. The quantitative estimate of drug-likeness (QED) is 0.327. The van der Waals surface area contributed by atoms with E-state index in [0.29, 0.717) is 15.4 Å². The van der Waals surface area contributed by atoms with Crippen molar-refractivity contribution in [1.82, 2.24) is 14.9 Å². The Kier molecular flexibility index (Phi) is 4.97. The maximum absolute atomic E-state index is 11.9. The predicted molar refractivity (Wildman–Crippen MR) is 95.5 cm³/mol. The lowest BCUT2D eigenvalue weighted by Gasteiger charge is -2.03. The SMILES string of the molecule is CCc1n[nH]c(=S)n1/N=C\c1ccc(OC(=O)c2cccs2)cc1. The number of ether oxygens (including phenoxy) is 1. The van der Waals surface area contributed by atoms with Gasteiger partial charge in [0.1, 0.15) is 10.6 Å². The lowest BCUT2D eigenvalue weighted by molar-refractivity contribution is 0.0740. The van der Waals surface area contributed by atoms with Gasteiger partial charge in [0.15, 0.2) is 5.82 Å². The number of rotatable bonds is 5. The standard InChI is InChI=1S/C16H14N4O2S2/c1-2-14-18-19-16(23)20(14)17-10-11-5-7-12(8-6-11)22-15(21)13-4-3-9-24-13/h3-10H,2H2,1H3,(H,19,23)/b17-10-. The molecule has 1 N–H and O–H groups in total. The highest BCUT2D eigenvalue weighted by Crippen LogP contribution is 2.16. The van der Waals surface area contributed by atoms with Gasteiger partial charge < -0.3 is 4.74 Å². The van der Waals surface area contributed by atoms with Crippen LogP contribution in [0.4, 0.5) is 0 Å². The van der Waals surface area contributed by atoms with Crippen LogP contribution >= 0.6 is 23.6 Å². The number of carbonyl (C=O) groups is 1. The van der Waals surface area contributed by atoms with Crippen molar-refractivity contribution in [2.45, 2.75) is 13.3 Å². The van der Waals surface area contributed by atoms with Gasteiger partial charge in [-0.3, -0.25) is 5.10 Å². The third-order valence-electron chi connectivity index (χ3n) is 3.17. The maximum atomic E-state index is 11.9. The fraction of sp³-hybridized carbons (Fsp3) is 0.125. The van der Waals surface area contributed by atoms with Gasteiger partial charge in [-0.05, 0) is 53.5 Å². The number of thiophene rings is 1. The van der Waals surface area contributed by atoms with Gasteiger partial charge in [0.2, 0.25) is 4.77 Å². The molecule has 3 rings (SSSR count). The number of H-pyrrole nitrogens is 1. The highest BCUT2D eigenvalue weighted by atomic mass is 32.1. The summed E-state index contributed by atoms with van der Waals surface area (Å²) in [5, 5.41) is 13.0. The molecule has 2 heterocycles. The van der Waals surface area contributed by atoms with Gasteiger partial charge >= 0.3 is 5.97 Å². The van der Waals surface area contributed by atoms with Crippen LogP contribution in [0.2, 0.25) is 0 Å². The second kappa shape index (κ2) is 7.33. The Morgan fingerprint density at radius 3 is 2.88 bits per heavy atom. The Labute approximate surface area is 147 Å². The second-order valence-corrected chi connectivity index (χ2v) is 6.13. The topological polar surface area (TPSA) is 72.3 Å². The van der Waals surface area contributed by atoms with Gasteiger partial charge in [0.05, 0.1) is 6.21 Å². The van der Waals surface area contributed by atoms with E-state index < -0.39 is 0 Å². The van der Waals surface area contributed by atoms with Crippen molar-refractivity contribution in [3.05, 3.63) is 62.8 Å². The molecule has 0 unspecified atom stereocenters.